The number of anilines is 1. The Morgan fingerprint density at radius 1 is 1.53 bits per heavy atom. The summed E-state index contributed by atoms with van der Waals surface area (Å²) in [5, 5.41) is 11.8. The van der Waals surface area contributed by atoms with Gasteiger partial charge >= 0.3 is 6.01 Å². The Hall–Kier alpha value is -1.07. The van der Waals surface area contributed by atoms with E-state index in [0.29, 0.717) is 11.9 Å². The zero-order chi connectivity index (χ0) is 10.7. The zero-order valence-electron chi connectivity index (χ0n) is 8.18. The van der Waals surface area contributed by atoms with Crippen molar-refractivity contribution in [2.75, 3.05) is 11.9 Å². The second kappa shape index (κ2) is 4.63. The van der Waals surface area contributed by atoms with E-state index in [2.05, 4.69) is 21.6 Å². The molecule has 2 aromatic rings. The quantitative estimate of drug-likeness (QED) is 0.774. The Kier molecular flexibility index (Phi) is 3.23. The highest BCUT2D eigenvalue weighted by Gasteiger charge is 2.10. The van der Waals surface area contributed by atoms with Gasteiger partial charge in [-0.25, -0.2) is 0 Å². The van der Waals surface area contributed by atoms with E-state index in [1.54, 1.807) is 11.3 Å². The first kappa shape index (κ1) is 10.4. The molecule has 0 aromatic carbocycles. The summed E-state index contributed by atoms with van der Waals surface area (Å²) in [6, 6.07) is 2.57. The van der Waals surface area contributed by atoms with E-state index in [1.165, 1.54) is 5.56 Å². The summed E-state index contributed by atoms with van der Waals surface area (Å²) in [5.41, 5.74) is 1.23. The van der Waals surface area contributed by atoms with Gasteiger partial charge in [0.2, 0.25) is 5.89 Å². The summed E-state index contributed by atoms with van der Waals surface area (Å²) < 4.78 is 5.32. The normalized spacial score (nSPS) is 10.5. The van der Waals surface area contributed by atoms with E-state index in [0.717, 1.165) is 6.54 Å². The number of hydrogen-bond acceptors (Lipinski definition) is 5. The van der Waals surface area contributed by atoms with Gasteiger partial charge in [-0.05, 0) is 22.4 Å². The van der Waals surface area contributed by atoms with Crippen LogP contribution in [0.25, 0.3) is 0 Å². The van der Waals surface area contributed by atoms with Crippen molar-refractivity contribution in [3.8, 4) is 0 Å². The third-order valence-corrected chi connectivity index (χ3v) is 2.86. The highest BCUT2D eigenvalue weighted by molar-refractivity contribution is 7.07. The SMILES string of the molecule is CN(Cc1ccsc1)c1nnc(CCl)o1. The van der Waals surface area contributed by atoms with Crippen molar-refractivity contribution in [2.24, 2.45) is 0 Å². The first-order valence-corrected chi connectivity index (χ1v) is 5.88. The van der Waals surface area contributed by atoms with Crippen LogP contribution in [-0.2, 0) is 12.4 Å². The molecule has 2 aromatic heterocycles. The van der Waals surface area contributed by atoms with Crippen LogP contribution in [-0.4, -0.2) is 17.2 Å². The van der Waals surface area contributed by atoms with Crippen LogP contribution in [0.15, 0.2) is 21.2 Å². The van der Waals surface area contributed by atoms with E-state index in [1.807, 2.05) is 17.3 Å². The molecular formula is C9H10ClN3OS. The third-order valence-electron chi connectivity index (χ3n) is 1.90. The Labute approximate surface area is 96.5 Å². The molecule has 0 amide bonds. The lowest BCUT2D eigenvalue weighted by Gasteiger charge is -2.11. The molecule has 0 N–H and O–H groups in total. The van der Waals surface area contributed by atoms with Gasteiger partial charge in [-0.2, -0.15) is 11.3 Å². The predicted octanol–water partition coefficient (Wildman–Crippen LogP) is 2.51. The maximum atomic E-state index is 5.57. The molecule has 0 aliphatic heterocycles. The van der Waals surface area contributed by atoms with Gasteiger partial charge < -0.3 is 9.32 Å². The molecule has 0 bridgehead atoms. The Morgan fingerprint density at radius 3 is 3.00 bits per heavy atom. The number of aromatic nitrogens is 2. The van der Waals surface area contributed by atoms with Crippen molar-refractivity contribution in [2.45, 2.75) is 12.4 Å². The molecule has 0 radical (unpaired) electrons. The van der Waals surface area contributed by atoms with Crippen molar-refractivity contribution in [1.29, 1.82) is 0 Å². The number of alkyl halides is 1. The van der Waals surface area contributed by atoms with Crippen LogP contribution in [0.4, 0.5) is 6.01 Å². The molecule has 0 saturated heterocycles. The minimum absolute atomic E-state index is 0.249. The smallest absolute Gasteiger partial charge is 0.318 e. The zero-order valence-corrected chi connectivity index (χ0v) is 9.75. The lowest BCUT2D eigenvalue weighted by Crippen LogP contribution is -2.16. The van der Waals surface area contributed by atoms with Crippen LogP contribution in [0.5, 0.6) is 0 Å². The van der Waals surface area contributed by atoms with Crippen molar-refractivity contribution >= 4 is 29.0 Å². The highest BCUT2D eigenvalue weighted by Crippen LogP contribution is 2.15. The van der Waals surface area contributed by atoms with Gasteiger partial charge in [-0.3, -0.25) is 0 Å². The number of rotatable bonds is 4. The largest absolute Gasteiger partial charge is 0.407 e. The lowest BCUT2D eigenvalue weighted by atomic mass is 10.3. The summed E-state index contributed by atoms with van der Waals surface area (Å²) in [6.45, 7) is 0.757. The molecule has 0 saturated carbocycles. The predicted molar refractivity (Wildman–Crippen MR) is 60.3 cm³/mol. The van der Waals surface area contributed by atoms with Gasteiger partial charge in [0.1, 0.15) is 5.88 Å². The molecule has 80 valence electrons. The topological polar surface area (TPSA) is 42.2 Å². The third kappa shape index (κ3) is 2.49. The Balaban J connectivity index is 2.04. The standard InChI is InChI=1S/C9H10ClN3OS/c1-13(5-7-2-3-15-6-7)9-12-11-8(4-10)14-9/h2-3,6H,4-5H2,1H3. The fourth-order valence-electron chi connectivity index (χ4n) is 1.18. The summed E-state index contributed by atoms with van der Waals surface area (Å²) in [7, 11) is 1.91. The van der Waals surface area contributed by atoms with Gasteiger partial charge in [0, 0.05) is 13.6 Å². The second-order valence-electron chi connectivity index (χ2n) is 3.10. The molecule has 0 fully saturated rings. The molecule has 0 aliphatic carbocycles. The van der Waals surface area contributed by atoms with Gasteiger partial charge in [-0.15, -0.1) is 16.7 Å². The summed E-state index contributed by atoms with van der Waals surface area (Å²) in [4.78, 5) is 1.89. The fourth-order valence-corrected chi connectivity index (χ4v) is 1.94. The van der Waals surface area contributed by atoms with Crippen LogP contribution >= 0.6 is 22.9 Å². The fraction of sp³-hybridized carbons (Fsp3) is 0.333. The van der Waals surface area contributed by atoms with Crippen molar-refractivity contribution in [3.05, 3.63) is 28.3 Å². The molecule has 15 heavy (non-hydrogen) atoms. The van der Waals surface area contributed by atoms with Crippen LogP contribution in [0, 0.1) is 0 Å². The molecule has 0 unspecified atom stereocenters. The summed E-state index contributed by atoms with van der Waals surface area (Å²) >= 11 is 7.25. The van der Waals surface area contributed by atoms with Gasteiger partial charge in [0.25, 0.3) is 0 Å². The number of halogens is 1. The minimum Gasteiger partial charge on any atom is -0.407 e. The molecule has 2 heterocycles. The van der Waals surface area contributed by atoms with Gasteiger partial charge in [0.05, 0.1) is 0 Å². The number of nitrogens with zero attached hydrogens (tertiary/aromatic N) is 3. The van der Waals surface area contributed by atoms with Crippen LogP contribution < -0.4 is 4.90 Å². The summed E-state index contributed by atoms with van der Waals surface area (Å²) in [6.07, 6.45) is 0. The van der Waals surface area contributed by atoms with Crippen molar-refractivity contribution in [3.63, 3.8) is 0 Å². The molecule has 0 aliphatic rings. The second-order valence-corrected chi connectivity index (χ2v) is 4.15. The average Bonchev–Trinajstić information content (AvgIpc) is 2.86. The monoisotopic (exact) mass is 243 g/mol. The molecular weight excluding hydrogens is 234 g/mol. The lowest BCUT2D eigenvalue weighted by molar-refractivity contribution is 0.506. The Morgan fingerprint density at radius 2 is 2.40 bits per heavy atom. The first-order valence-electron chi connectivity index (χ1n) is 4.40. The van der Waals surface area contributed by atoms with Gasteiger partial charge in [0.15, 0.2) is 0 Å². The van der Waals surface area contributed by atoms with Gasteiger partial charge in [-0.1, -0.05) is 5.10 Å². The van der Waals surface area contributed by atoms with Crippen LogP contribution in [0.2, 0.25) is 0 Å². The maximum Gasteiger partial charge on any atom is 0.318 e. The van der Waals surface area contributed by atoms with E-state index >= 15 is 0 Å². The van der Waals surface area contributed by atoms with E-state index < -0.39 is 0 Å². The van der Waals surface area contributed by atoms with E-state index in [9.17, 15) is 0 Å². The maximum absolute atomic E-state index is 5.57. The molecule has 0 atom stereocenters. The molecule has 2 rings (SSSR count). The Bertz CT molecular complexity index is 415. The number of hydrogen-bond donors (Lipinski definition) is 0. The van der Waals surface area contributed by atoms with Crippen molar-refractivity contribution < 1.29 is 4.42 Å². The van der Waals surface area contributed by atoms with E-state index in [-0.39, 0.29) is 5.88 Å². The summed E-state index contributed by atoms with van der Waals surface area (Å²) in [5.74, 6) is 0.697. The average molecular weight is 244 g/mol. The minimum atomic E-state index is 0.249. The molecule has 6 heteroatoms. The number of thiophene rings is 1. The molecule has 4 nitrogen and oxygen atoms in total. The first-order chi connectivity index (χ1) is 7.29. The van der Waals surface area contributed by atoms with Crippen LogP contribution in [0.3, 0.4) is 0 Å². The van der Waals surface area contributed by atoms with Crippen molar-refractivity contribution in [1.82, 2.24) is 10.2 Å². The highest BCUT2D eigenvalue weighted by atomic mass is 35.5. The van der Waals surface area contributed by atoms with Crippen LogP contribution in [0.1, 0.15) is 11.5 Å². The van der Waals surface area contributed by atoms with E-state index in [4.69, 9.17) is 16.0 Å². The molecule has 0 spiro atoms.